The van der Waals surface area contributed by atoms with Crippen molar-refractivity contribution in [3.63, 3.8) is 0 Å². The van der Waals surface area contributed by atoms with Gasteiger partial charge in [0.25, 0.3) is 0 Å². The summed E-state index contributed by atoms with van der Waals surface area (Å²) in [6.45, 7) is 10.8. The highest BCUT2D eigenvalue weighted by atomic mass is 16.5. The number of hydrogen-bond donors (Lipinski definition) is 6. The summed E-state index contributed by atoms with van der Waals surface area (Å²) in [6.07, 6.45) is 4.84. The topological polar surface area (TPSA) is 308 Å². The smallest absolute Gasteiger partial charge is 0.317 e. The first-order chi connectivity index (χ1) is 32.8. The van der Waals surface area contributed by atoms with Gasteiger partial charge in [-0.15, -0.1) is 20.4 Å². The average Bonchev–Trinajstić information content (AvgIpc) is 3.28. The lowest BCUT2D eigenvalue weighted by atomic mass is 10.0. The molecule has 0 aliphatic carbocycles. The van der Waals surface area contributed by atoms with Crippen molar-refractivity contribution in [2.75, 3.05) is 110 Å². The van der Waals surface area contributed by atoms with Crippen LogP contribution in [0.1, 0.15) is 59.8 Å². The highest BCUT2D eigenvalue weighted by Crippen LogP contribution is 2.20. The molecule has 69 heavy (non-hydrogen) atoms. The highest BCUT2D eigenvalue weighted by molar-refractivity contribution is 5.91. The second-order valence-corrected chi connectivity index (χ2v) is 17.8. The molecule has 1 aliphatic heterocycles. The van der Waals surface area contributed by atoms with E-state index in [1.54, 1.807) is 45.2 Å². The zero-order chi connectivity index (χ0) is 50.2. The molecule has 3 aromatic rings. The summed E-state index contributed by atoms with van der Waals surface area (Å²) in [5.74, 6) is -3.25. The third kappa shape index (κ3) is 22.7. The summed E-state index contributed by atoms with van der Waals surface area (Å²) in [6, 6.07) is 8.65. The Morgan fingerprint density at radius 1 is 0.565 bits per heavy atom. The first-order valence-corrected chi connectivity index (χ1v) is 23.0. The summed E-state index contributed by atoms with van der Waals surface area (Å²) in [4.78, 5) is 88.1. The minimum absolute atomic E-state index is 0.0196. The minimum Gasteiger partial charge on any atom is -0.480 e. The molecule has 0 saturated carbocycles. The molecule has 1 aliphatic rings. The van der Waals surface area contributed by atoms with Gasteiger partial charge in [0.05, 0.1) is 62.5 Å². The number of carboxylic acid groups (broad SMARTS) is 3. The predicted molar refractivity (Wildman–Crippen MR) is 251 cm³/mol. The van der Waals surface area contributed by atoms with Crippen LogP contribution in [0.4, 0.5) is 5.69 Å². The third-order valence-electron chi connectivity index (χ3n) is 11.0. The molecule has 4 rings (SSSR count). The summed E-state index contributed by atoms with van der Waals surface area (Å²) in [5, 5.41) is 53.2. The molecule has 0 radical (unpaired) electrons. The quantitative estimate of drug-likeness (QED) is 0.0600. The van der Waals surface area contributed by atoms with Gasteiger partial charge in [-0.05, 0) is 71.2 Å². The van der Waals surface area contributed by atoms with Crippen molar-refractivity contribution in [1.82, 2.24) is 60.6 Å². The van der Waals surface area contributed by atoms with Crippen molar-refractivity contribution in [2.45, 2.75) is 71.0 Å². The maximum Gasteiger partial charge on any atom is 0.317 e. The van der Waals surface area contributed by atoms with Crippen LogP contribution < -0.4 is 16.0 Å². The maximum atomic E-state index is 13.1. The first-order valence-electron chi connectivity index (χ1n) is 23.0. The van der Waals surface area contributed by atoms with Gasteiger partial charge in [-0.2, -0.15) is 0 Å². The van der Waals surface area contributed by atoms with Gasteiger partial charge in [-0.25, -0.2) is 0 Å². The number of hydrogen-bond acceptors (Lipinski definition) is 18. The Morgan fingerprint density at radius 2 is 1.04 bits per heavy atom. The third-order valence-corrected chi connectivity index (χ3v) is 11.0. The molecule has 0 aromatic carbocycles. The van der Waals surface area contributed by atoms with Crippen molar-refractivity contribution >= 4 is 41.3 Å². The minimum atomic E-state index is -1.03. The molecule has 24 heteroatoms. The van der Waals surface area contributed by atoms with Crippen molar-refractivity contribution in [3.05, 3.63) is 42.7 Å². The Kier molecular flexibility index (Phi) is 22.8. The van der Waals surface area contributed by atoms with Gasteiger partial charge < -0.3 is 40.7 Å². The standard InChI is InChI=1S/C45H67N13O11/c1-44(2,13-16-47-38(61)29-55-18-20-56(30-39(62)63)22-24-58(32-41(66)67)25-23-57(21-19-55)31-40(64)65)68-26-14-45(3,4)69-27-17-48-36(59)9-7-10-37(60)50-33-11-12-35(49-28-33)43-53-51-42(52-54-43)34-8-5-6-15-46-34/h5-6,8,11-12,15,28H,7,9-10,13-14,16-27,29-32H2,1-4H3,(H,47,61)(H,48,59)(H,50,60)(H,62,63)(H,64,65)(H,66,67). The molecule has 0 bridgehead atoms. The fraction of sp³-hybridized carbons (Fsp3) is 0.600. The molecular weight excluding hydrogens is 899 g/mol. The van der Waals surface area contributed by atoms with E-state index in [0.717, 1.165) is 0 Å². The Morgan fingerprint density at radius 3 is 1.54 bits per heavy atom. The van der Waals surface area contributed by atoms with Crippen LogP contribution >= 0.6 is 0 Å². The van der Waals surface area contributed by atoms with Crippen molar-refractivity contribution in [1.29, 1.82) is 0 Å². The number of ether oxygens (including phenoxy) is 2. The van der Waals surface area contributed by atoms with E-state index in [1.165, 1.54) is 6.20 Å². The molecule has 0 unspecified atom stereocenters. The van der Waals surface area contributed by atoms with E-state index in [9.17, 15) is 44.1 Å². The summed E-state index contributed by atoms with van der Waals surface area (Å²) in [7, 11) is 0. The fourth-order valence-corrected chi connectivity index (χ4v) is 7.03. The van der Waals surface area contributed by atoms with Crippen LogP contribution in [0, 0.1) is 0 Å². The number of amides is 3. The van der Waals surface area contributed by atoms with E-state index in [0.29, 0.717) is 95.3 Å². The average molecular weight is 966 g/mol. The van der Waals surface area contributed by atoms with Crippen LogP contribution in [0.5, 0.6) is 0 Å². The van der Waals surface area contributed by atoms with E-state index in [4.69, 9.17) is 9.47 Å². The lowest BCUT2D eigenvalue weighted by Crippen LogP contribution is -2.50. The van der Waals surface area contributed by atoms with Crippen LogP contribution in [0.15, 0.2) is 42.7 Å². The zero-order valence-corrected chi connectivity index (χ0v) is 40.0. The van der Waals surface area contributed by atoms with Crippen LogP contribution in [0.2, 0.25) is 0 Å². The lowest BCUT2D eigenvalue weighted by molar-refractivity contribution is -0.140. The van der Waals surface area contributed by atoms with Crippen LogP contribution in [0.3, 0.4) is 0 Å². The summed E-state index contributed by atoms with van der Waals surface area (Å²) >= 11 is 0. The summed E-state index contributed by atoms with van der Waals surface area (Å²) in [5.41, 5.74) is 0.327. The van der Waals surface area contributed by atoms with E-state index in [1.807, 2.05) is 38.7 Å². The van der Waals surface area contributed by atoms with E-state index >= 15 is 0 Å². The van der Waals surface area contributed by atoms with E-state index in [2.05, 4.69) is 46.3 Å². The van der Waals surface area contributed by atoms with Crippen molar-refractivity contribution < 1.29 is 53.6 Å². The van der Waals surface area contributed by atoms with Gasteiger partial charge in [0.15, 0.2) is 0 Å². The molecular formula is C45H67N13O11. The van der Waals surface area contributed by atoms with Gasteiger partial charge in [-0.3, -0.25) is 58.3 Å². The van der Waals surface area contributed by atoms with E-state index < -0.39 is 29.1 Å². The number of aromatic nitrogens is 6. The van der Waals surface area contributed by atoms with Gasteiger partial charge in [0.1, 0.15) is 11.4 Å². The molecule has 1 saturated heterocycles. The van der Waals surface area contributed by atoms with Gasteiger partial charge in [0.2, 0.25) is 29.4 Å². The van der Waals surface area contributed by atoms with E-state index in [-0.39, 0.29) is 88.1 Å². The molecule has 4 heterocycles. The number of pyridine rings is 2. The predicted octanol–water partition coefficient (Wildman–Crippen LogP) is 0.578. The normalized spacial score (nSPS) is 15.1. The second kappa shape index (κ2) is 28.3. The van der Waals surface area contributed by atoms with Crippen LogP contribution in [-0.4, -0.2) is 217 Å². The lowest BCUT2D eigenvalue weighted by Gasteiger charge is -2.33. The number of carbonyl (C=O) groups is 6. The SMILES string of the molecule is CC(C)(CCNC(=O)CN1CCN(CC(=O)O)CCN(CC(=O)O)CCN(CC(=O)O)CC1)OCCC(C)(C)OCCNC(=O)CCCC(=O)Nc1ccc(-c2nnc(-c3ccccn3)nn2)nc1. The number of rotatable bonds is 26. The van der Waals surface area contributed by atoms with Crippen molar-refractivity contribution in [3.8, 4) is 23.0 Å². The number of aliphatic carboxylic acids is 3. The number of carboxylic acids is 3. The van der Waals surface area contributed by atoms with Gasteiger partial charge >= 0.3 is 17.9 Å². The molecule has 3 aromatic heterocycles. The van der Waals surface area contributed by atoms with Crippen molar-refractivity contribution in [2.24, 2.45) is 0 Å². The van der Waals surface area contributed by atoms with Gasteiger partial charge in [0, 0.05) is 84.5 Å². The Bertz CT molecular complexity index is 2070. The second-order valence-electron chi connectivity index (χ2n) is 17.8. The molecule has 6 N–H and O–H groups in total. The largest absolute Gasteiger partial charge is 0.480 e. The number of anilines is 1. The van der Waals surface area contributed by atoms with Crippen LogP contribution in [-0.2, 0) is 38.2 Å². The molecule has 3 amide bonds. The Balaban J connectivity index is 1.08. The van der Waals surface area contributed by atoms with Gasteiger partial charge in [-0.1, -0.05) is 6.07 Å². The molecule has 0 atom stereocenters. The fourth-order valence-electron chi connectivity index (χ4n) is 7.03. The molecule has 1 fully saturated rings. The zero-order valence-electron chi connectivity index (χ0n) is 40.0. The number of carbonyl (C=O) groups excluding carboxylic acids is 3. The molecule has 378 valence electrons. The highest BCUT2D eigenvalue weighted by Gasteiger charge is 2.25. The molecule has 0 spiro atoms. The molecule has 24 nitrogen and oxygen atoms in total. The number of nitrogens with zero attached hydrogens (tertiary/aromatic N) is 10. The van der Waals surface area contributed by atoms with Crippen LogP contribution in [0.25, 0.3) is 23.0 Å². The summed E-state index contributed by atoms with van der Waals surface area (Å²) < 4.78 is 12.2. The number of nitrogens with one attached hydrogen (secondary N) is 3. The first kappa shape index (κ1) is 55.4. The Labute approximate surface area is 401 Å². The maximum absolute atomic E-state index is 13.1. The Hall–Kier alpha value is -6.18. The monoisotopic (exact) mass is 966 g/mol.